The number of nitrogens with zero attached hydrogens (tertiary/aromatic N) is 2. The van der Waals surface area contributed by atoms with E-state index in [2.05, 4.69) is 15.3 Å². The highest BCUT2D eigenvalue weighted by atomic mass is 16.3. The van der Waals surface area contributed by atoms with Crippen LogP contribution in [0.15, 0.2) is 34.3 Å². The number of carbonyl (C=O) groups excluding carboxylic acids is 1. The number of fused-ring (bicyclic) bond motifs is 3. The minimum atomic E-state index is -0.242. The molecule has 0 fully saturated rings. The van der Waals surface area contributed by atoms with Crippen LogP contribution in [0, 0.1) is 0 Å². The number of amides is 1. The van der Waals surface area contributed by atoms with E-state index >= 15 is 0 Å². The number of aromatic hydroxyl groups is 1. The van der Waals surface area contributed by atoms with Gasteiger partial charge in [0.05, 0.1) is 18.4 Å². The number of hydrogen-bond donors (Lipinski definition) is 2. The average molecular weight is 255 g/mol. The molecule has 2 aromatic carbocycles. The second kappa shape index (κ2) is 4.35. The number of hydrogen-bond acceptors (Lipinski definition) is 4. The summed E-state index contributed by atoms with van der Waals surface area (Å²) in [4.78, 5) is 20.2. The van der Waals surface area contributed by atoms with Crippen molar-refractivity contribution in [3.8, 4) is 5.75 Å². The second-order valence-corrected chi connectivity index (χ2v) is 4.41. The summed E-state index contributed by atoms with van der Waals surface area (Å²) < 4.78 is 0. The van der Waals surface area contributed by atoms with Crippen molar-refractivity contribution in [1.82, 2.24) is 0 Å². The summed E-state index contributed by atoms with van der Waals surface area (Å²) in [6.45, 7) is 2.60. The van der Waals surface area contributed by atoms with Crippen LogP contribution in [-0.2, 0) is 4.79 Å². The molecule has 3 rings (SSSR count). The maximum absolute atomic E-state index is 11.3. The van der Waals surface area contributed by atoms with E-state index in [1.165, 1.54) is 6.92 Å². The van der Waals surface area contributed by atoms with Crippen molar-refractivity contribution >= 4 is 22.4 Å². The number of phenols is 1. The van der Waals surface area contributed by atoms with Crippen molar-refractivity contribution in [1.29, 1.82) is 0 Å². The SMILES string of the molecule is CC(=O)Nc1c(O)c2ccccc2c2c1=NCCN=2. The molecule has 1 aliphatic heterocycles. The summed E-state index contributed by atoms with van der Waals surface area (Å²) >= 11 is 0. The maximum atomic E-state index is 11.3. The summed E-state index contributed by atoms with van der Waals surface area (Å²) in [5.41, 5.74) is 0.352. The van der Waals surface area contributed by atoms with Crippen molar-refractivity contribution in [2.45, 2.75) is 6.92 Å². The number of benzene rings is 2. The van der Waals surface area contributed by atoms with Crippen LogP contribution in [0.3, 0.4) is 0 Å². The first-order chi connectivity index (χ1) is 9.18. The Hall–Kier alpha value is -2.43. The Kier molecular flexibility index (Phi) is 2.67. The highest BCUT2D eigenvalue weighted by molar-refractivity contribution is 5.98. The van der Waals surface area contributed by atoms with Crippen LogP contribution in [0.25, 0.3) is 10.8 Å². The molecule has 0 aliphatic carbocycles. The van der Waals surface area contributed by atoms with Crippen LogP contribution in [0.5, 0.6) is 5.75 Å². The third-order valence-corrected chi connectivity index (χ3v) is 3.08. The van der Waals surface area contributed by atoms with Gasteiger partial charge < -0.3 is 10.4 Å². The zero-order valence-corrected chi connectivity index (χ0v) is 10.5. The second-order valence-electron chi connectivity index (χ2n) is 4.41. The lowest BCUT2D eigenvalue weighted by Gasteiger charge is -2.12. The van der Waals surface area contributed by atoms with E-state index in [4.69, 9.17) is 0 Å². The topological polar surface area (TPSA) is 74.0 Å². The number of carbonyl (C=O) groups is 1. The van der Waals surface area contributed by atoms with Gasteiger partial charge in [-0.15, -0.1) is 0 Å². The summed E-state index contributed by atoms with van der Waals surface area (Å²) in [7, 11) is 0. The van der Waals surface area contributed by atoms with E-state index in [9.17, 15) is 9.90 Å². The molecule has 2 aromatic rings. The molecule has 0 aromatic heterocycles. The normalized spacial score (nSPS) is 13.3. The smallest absolute Gasteiger partial charge is 0.221 e. The molecule has 1 aliphatic rings. The van der Waals surface area contributed by atoms with E-state index in [0.29, 0.717) is 29.5 Å². The van der Waals surface area contributed by atoms with Crippen molar-refractivity contribution < 1.29 is 9.90 Å². The van der Waals surface area contributed by atoms with E-state index in [1.54, 1.807) is 6.07 Å². The zero-order valence-electron chi connectivity index (χ0n) is 10.5. The number of rotatable bonds is 1. The van der Waals surface area contributed by atoms with Gasteiger partial charge in [-0.3, -0.25) is 14.8 Å². The van der Waals surface area contributed by atoms with Gasteiger partial charge >= 0.3 is 0 Å². The van der Waals surface area contributed by atoms with E-state index in [0.717, 1.165) is 10.7 Å². The maximum Gasteiger partial charge on any atom is 0.221 e. The lowest BCUT2D eigenvalue weighted by atomic mass is 10.1. The predicted octanol–water partition coefficient (Wildman–Crippen LogP) is 0.757. The van der Waals surface area contributed by atoms with Crippen LogP contribution >= 0.6 is 0 Å². The van der Waals surface area contributed by atoms with Crippen LogP contribution in [0.1, 0.15) is 6.92 Å². The number of anilines is 1. The van der Waals surface area contributed by atoms with Gasteiger partial charge in [0.2, 0.25) is 5.91 Å². The van der Waals surface area contributed by atoms with Crippen LogP contribution in [0.2, 0.25) is 0 Å². The Morgan fingerprint density at radius 2 is 1.79 bits per heavy atom. The fraction of sp³-hybridized carbons (Fsp3) is 0.214. The van der Waals surface area contributed by atoms with Gasteiger partial charge in [0.1, 0.15) is 16.8 Å². The first kappa shape index (κ1) is 11.6. The lowest BCUT2D eigenvalue weighted by Crippen LogP contribution is -2.34. The monoisotopic (exact) mass is 255 g/mol. The van der Waals surface area contributed by atoms with Gasteiger partial charge in [0.25, 0.3) is 0 Å². The quantitative estimate of drug-likeness (QED) is 0.738. The van der Waals surface area contributed by atoms with Gasteiger partial charge in [0, 0.05) is 17.7 Å². The van der Waals surface area contributed by atoms with Crippen molar-refractivity contribution in [2.24, 2.45) is 9.98 Å². The third kappa shape index (κ3) is 1.83. The van der Waals surface area contributed by atoms with Gasteiger partial charge in [-0.2, -0.15) is 0 Å². The fourth-order valence-electron chi connectivity index (χ4n) is 2.32. The molecule has 19 heavy (non-hydrogen) atoms. The molecular weight excluding hydrogens is 242 g/mol. The van der Waals surface area contributed by atoms with E-state index in [1.807, 2.05) is 18.2 Å². The Bertz CT molecular complexity index is 796. The molecule has 96 valence electrons. The highest BCUT2D eigenvalue weighted by Crippen LogP contribution is 2.27. The number of phenolic OH excluding ortho intramolecular Hbond substituents is 1. The third-order valence-electron chi connectivity index (χ3n) is 3.08. The molecule has 0 saturated carbocycles. The Morgan fingerprint density at radius 3 is 2.47 bits per heavy atom. The van der Waals surface area contributed by atoms with Gasteiger partial charge in [-0.1, -0.05) is 24.3 Å². The standard InChI is InChI=1S/C14H13N3O2/c1-8(18)17-13-12-11(15-6-7-16-12)9-4-2-3-5-10(9)14(13)19/h2-5,19H,6-7H2,1H3,(H,17,18). The Labute approximate surface area is 109 Å². The molecule has 5 nitrogen and oxygen atoms in total. The van der Waals surface area contributed by atoms with Crippen LogP contribution in [0.4, 0.5) is 5.69 Å². The minimum Gasteiger partial charge on any atom is -0.505 e. The first-order valence-electron chi connectivity index (χ1n) is 6.08. The average Bonchev–Trinajstić information content (AvgIpc) is 2.43. The van der Waals surface area contributed by atoms with Gasteiger partial charge in [-0.25, -0.2) is 0 Å². The molecule has 0 saturated heterocycles. The molecule has 0 bridgehead atoms. The summed E-state index contributed by atoms with van der Waals surface area (Å²) in [6.07, 6.45) is 0. The largest absolute Gasteiger partial charge is 0.505 e. The van der Waals surface area contributed by atoms with Crippen LogP contribution in [-0.4, -0.2) is 24.1 Å². The summed E-state index contributed by atoms with van der Waals surface area (Å²) in [6, 6.07) is 7.44. The highest BCUT2D eigenvalue weighted by Gasteiger charge is 2.15. The molecule has 0 radical (unpaired) electrons. The zero-order chi connectivity index (χ0) is 13.4. The molecule has 2 N–H and O–H groups in total. The van der Waals surface area contributed by atoms with Gasteiger partial charge in [-0.05, 0) is 0 Å². The summed E-state index contributed by atoms with van der Waals surface area (Å²) in [5, 5.41) is 15.8. The fourth-order valence-corrected chi connectivity index (χ4v) is 2.32. The molecular formula is C14H13N3O2. The molecule has 0 spiro atoms. The molecule has 1 amide bonds. The van der Waals surface area contributed by atoms with Crippen molar-refractivity contribution in [3.63, 3.8) is 0 Å². The molecule has 0 atom stereocenters. The van der Waals surface area contributed by atoms with E-state index < -0.39 is 0 Å². The van der Waals surface area contributed by atoms with Crippen molar-refractivity contribution in [3.05, 3.63) is 35.0 Å². The van der Waals surface area contributed by atoms with E-state index in [-0.39, 0.29) is 11.7 Å². The predicted molar refractivity (Wildman–Crippen MR) is 72.0 cm³/mol. The molecule has 5 heteroatoms. The lowest BCUT2D eigenvalue weighted by molar-refractivity contribution is -0.114. The molecule has 0 unspecified atom stereocenters. The van der Waals surface area contributed by atoms with Gasteiger partial charge in [0.15, 0.2) is 0 Å². The van der Waals surface area contributed by atoms with Crippen LogP contribution < -0.4 is 16.0 Å². The summed E-state index contributed by atoms with van der Waals surface area (Å²) in [5.74, 6) is -0.195. The minimum absolute atomic E-state index is 0.0467. The first-order valence-corrected chi connectivity index (χ1v) is 6.08. The Balaban J connectivity index is 2.50. The van der Waals surface area contributed by atoms with Crippen molar-refractivity contribution in [2.75, 3.05) is 18.4 Å². The molecule has 1 heterocycles. The number of nitrogens with one attached hydrogen (secondary N) is 1. The Morgan fingerprint density at radius 1 is 1.16 bits per heavy atom.